The highest BCUT2D eigenvalue weighted by Gasteiger charge is 2.25. The van der Waals surface area contributed by atoms with E-state index in [1.54, 1.807) is 13.2 Å². The van der Waals surface area contributed by atoms with Gasteiger partial charge in [0.25, 0.3) is 5.91 Å². The predicted octanol–water partition coefficient (Wildman–Crippen LogP) is 1.32. The molecule has 4 rings (SSSR count). The van der Waals surface area contributed by atoms with Crippen LogP contribution in [-0.4, -0.2) is 104 Å². The highest BCUT2D eigenvalue weighted by Crippen LogP contribution is 2.25. The summed E-state index contributed by atoms with van der Waals surface area (Å²) in [6.07, 6.45) is 0. The maximum atomic E-state index is 13.0. The van der Waals surface area contributed by atoms with Gasteiger partial charge in [-0.2, -0.15) is 0 Å². The van der Waals surface area contributed by atoms with E-state index in [2.05, 4.69) is 40.8 Å². The molecule has 0 unspecified atom stereocenters. The lowest BCUT2D eigenvalue weighted by Gasteiger charge is -2.36. The highest BCUT2D eigenvalue weighted by atomic mass is 79.9. The molecule has 0 bridgehead atoms. The molecule has 2 aromatic rings. The third kappa shape index (κ3) is 5.13. The first kappa shape index (κ1) is 22.8. The SMILES string of the molecule is COc1ccc(Br)c(C(=O)N2CCN(c3ccc(N4CCN(CCO)CC4)nn3)CC2)c1. The molecule has 0 aliphatic carbocycles. The summed E-state index contributed by atoms with van der Waals surface area (Å²) in [5, 5.41) is 18.0. The number of piperazine rings is 2. The molecule has 2 aliphatic rings. The topological polar surface area (TPSA) is 85.3 Å². The van der Waals surface area contributed by atoms with E-state index >= 15 is 0 Å². The summed E-state index contributed by atoms with van der Waals surface area (Å²) in [5.41, 5.74) is 0.612. The van der Waals surface area contributed by atoms with Crippen LogP contribution in [-0.2, 0) is 0 Å². The second-order valence-electron chi connectivity index (χ2n) is 7.93. The summed E-state index contributed by atoms with van der Waals surface area (Å²) >= 11 is 3.48. The molecule has 0 saturated carbocycles. The van der Waals surface area contributed by atoms with E-state index in [0.29, 0.717) is 37.5 Å². The summed E-state index contributed by atoms with van der Waals surface area (Å²) in [5.74, 6) is 2.38. The number of β-amino-alcohol motifs (C(OH)–C–C–N with tert-alkyl or cyclic N) is 1. The van der Waals surface area contributed by atoms with Crippen LogP contribution < -0.4 is 14.5 Å². The molecule has 1 aromatic carbocycles. The number of methoxy groups -OCH3 is 1. The minimum atomic E-state index is -0.00259. The number of hydrogen-bond donors (Lipinski definition) is 1. The van der Waals surface area contributed by atoms with E-state index in [-0.39, 0.29) is 12.5 Å². The highest BCUT2D eigenvalue weighted by molar-refractivity contribution is 9.10. The van der Waals surface area contributed by atoms with Gasteiger partial charge in [0, 0.05) is 63.4 Å². The van der Waals surface area contributed by atoms with Crippen molar-refractivity contribution in [3.63, 3.8) is 0 Å². The Labute approximate surface area is 196 Å². The Morgan fingerprint density at radius 1 is 0.969 bits per heavy atom. The lowest BCUT2D eigenvalue weighted by molar-refractivity contribution is 0.0745. The fraction of sp³-hybridized carbons (Fsp3) is 0.500. The van der Waals surface area contributed by atoms with Crippen molar-refractivity contribution in [3.8, 4) is 5.75 Å². The molecule has 2 aliphatic heterocycles. The number of hydrogen-bond acceptors (Lipinski definition) is 8. The molecular weight excluding hydrogens is 476 g/mol. The van der Waals surface area contributed by atoms with E-state index in [4.69, 9.17) is 9.84 Å². The van der Waals surface area contributed by atoms with Crippen LogP contribution in [0, 0.1) is 0 Å². The number of anilines is 2. The zero-order valence-corrected chi connectivity index (χ0v) is 19.9. The maximum absolute atomic E-state index is 13.0. The number of rotatable bonds is 6. The molecule has 2 fully saturated rings. The fourth-order valence-corrected chi connectivity index (χ4v) is 4.52. The zero-order valence-electron chi connectivity index (χ0n) is 18.3. The molecule has 1 aromatic heterocycles. The van der Waals surface area contributed by atoms with Gasteiger partial charge in [-0.15, -0.1) is 10.2 Å². The molecule has 172 valence electrons. The van der Waals surface area contributed by atoms with Gasteiger partial charge in [0.1, 0.15) is 5.75 Å². The summed E-state index contributed by atoms with van der Waals surface area (Å²) in [7, 11) is 1.60. The molecule has 1 N–H and O–H groups in total. The van der Waals surface area contributed by atoms with Gasteiger partial charge < -0.3 is 24.5 Å². The number of carbonyl (C=O) groups excluding carboxylic acids is 1. The quantitative estimate of drug-likeness (QED) is 0.630. The van der Waals surface area contributed by atoms with Crippen LogP contribution in [0.4, 0.5) is 11.6 Å². The Balaban J connectivity index is 1.32. The van der Waals surface area contributed by atoms with Gasteiger partial charge in [0.2, 0.25) is 0 Å². The largest absolute Gasteiger partial charge is 0.497 e. The van der Waals surface area contributed by atoms with Crippen molar-refractivity contribution >= 4 is 33.5 Å². The van der Waals surface area contributed by atoms with Crippen molar-refractivity contribution < 1.29 is 14.6 Å². The van der Waals surface area contributed by atoms with Crippen molar-refractivity contribution in [3.05, 3.63) is 40.4 Å². The molecule has 10 heteroatoms. The number of aliphatic hydroxyl groups is 1. The van der Waals surface area contributed by atoms with E-state index in [1.807, 2.05) is 29.2 Å². The number of aromatic nitrogens is 2. The summed E-state index contributed by atoms with van der Waals surface area (Å²) in [6, 6.07) is 9.47. The second kappa shape index (κ2) is 10.5. The zero-order chi connectivity index (χ0) is 22.5. The minimum absolute atomic E-state index is 0.00259. The Kier molecular flexibility index (Phi) is 7.44. The maximum Gasteiger partial charge on any atom is 0.255 e. The van der Waals surface area contributed by atoms with Crippen LogP contribution in [0.25, 0.3) is 0 Å². The molecule has 0 spiro atoms. The van der Waals surface area contributed by atoms with Gasteiger partial charge in [-0.3, -0.25) is 9.69 Å². The number of aliphatic hydroxyl groups excluding tert-OH is 1. The lowest BCUT2D eigenvalue weighted by Crippen LogP contribution is -2.49. The Morgan fingerprint density at radius 3 is 2.09 bits per heavy atom. The molecule has 1 amide bonds. The van der Waals surface area contributed by atoms with E-state index < -0.39 is 0 Å². The number of ether oxygens (including phenoxy) is 1. The first-order chi connectivity index (χ1) is 15.6. The van der Waals surface area contributed by atoms with Gasteiger partial charge in [0.05, 0.1) is 19.3 Å². The Morgan fingerprint density at radius 2 is 1.56 bits per heavy atom. The third-order valence-corrected chi connectivity index (χ3v) is 6.74. The molecule has 3 heterocycles. The fourth-order valence-electron chi connectivity index (χ4n) is 4.10. The van der Waals surface area contributed by atoms with Gasteiger partial charge in [-0.25, -0.2) is 0 Å². The molecular formula is C22H29BrN6O3. The van der Waals surface area contributed by atoms with Crippen molar-refractivity contribution in [2.24, 2.45) is 0 Å². The monoisotopic (exact) mass is 504 g/mol. The van der Waals surface area contributed by atoms with Crippen molar-refractivity contribution in [1.82, 2.24) is 20.0 Å². The lowest BCUT2D eigenvalue weighted by atomic mass is 10.1. The number of benzene rings is 1. The number of amides is 1. The number of halogens is 1. The molecule has 0 atom stereocenters. The van der Waals surface area contributed by atoms with Crippen molar-refractivity contribution in [2.75, 3.05) is 82.4 Å². The number of carbonyl (C=O) groups is 1. The van der Waals surface area contributed by atoms with Crippen LogP contribution in [0.1, 0.15) is 10.4 Å². The molecule has 9 nitrogen and oxygen atoms in total. The van der Waals surface area contributed by atoms with Crippen LogP contribution in [0.5, 0.6) is 5.75 Å². The van der Waals surface area contributed by atoms with Crippen molar-refractivity contribution in [1.29, 1.82) is 0 Å². The summed E-state index contributed by atoms with van der Waals surface area (Å²) in [6.45, 7) is 7.20. The van der Waals surface area contributed by atoms with E-state index in [0.717, 1.165) is 48.8 Å². The smallest absolute Gasteiger partial charge is 0.255 e. The first-order valence-electron chi connectivity index (χ1n) is 10.9. The average Bonchev–Trinajstić information content (AvgIpc) is 2.85. The minimum Gasteiger partial charge on any atom is -0.497 e. The average molecular weight is 505 g/mol. The molecule has 32 heavy (non-hydrogen) atoms. The Bertz CT molecular complexity index is 912. The molecule has 0 radical (unpaired) electrons. The first-order valence-corrected chi connectivity index (χ1v) is 11.7. The van der Waals surface area contributed by atoms with Crippen LogP contribution in [0.15, 0.2) is 34.8 Å². The van der Waals surface area contributed by atoms with E-state index in [1.165, 1.54) is 0 Å². The van der Waals surface area contributed by atoms with Gasteiger partial charge in [-0.05, 0) is 46.3 Å². The van der Waals surface area contributed by atoms with Gasteiger partial charge >= 0.3 is 0 Å². The van der Waals surface area contributed by atoms with Crippen LogP contribution in [0.3, 0.4) is 0 Å². The van der Waals surface area contributed by atoms with Crippen LogP contribution in [0.2, 0.25) is 0 Å². The summed E-state index contributed by atoms with van der Waals surface area (Å²) in [4.78, 5) is 21.5. The predicted molar refractivity (Wildman–Crippen MR) is 127 cm³/mol. The van der Waals surface area contributed by atoms with Crippen molar-refractivity contribution in [2.45, 2.75) is 0 Å². The summed E-state index contributed by atoms with van der Waals surface area (Å²) < 4.78 is 6.03. The number of nitrogens with zero attached hydrogens (tertiary/aromatic N) is 6. The molecule has 2 saturated heterocycles. The van der Waals surface area contributed by atoms with Gasteiger partial charge in [-0.1, -0.05) is 0 Å². The van der Waals surface area contributed by atoms with E-state index in [9.17, 15) is 4.79 Å². The Hall–Kier alpha value is -2.43. The van der Waals surface area contributed by atoms with Crippen LogP contribution >= 0.6 is 15.9 Å². The van der Waals surface area contributed by atoms with Gasteiger partial charge in [0.15, 0.2) is 11.6 Å². The third-order valence-electron chi connectivity index (χ3n) is 6.04. The standard InChI is InChI=1S/C22H29BrN6O3/c1-32-17-2-3-19(23)18(16-17)22(31)29-12-10-28(11-13-29)21-5-4-20(24-25-21)27-8-6-26(7-9-27)14-15-30/h2-5,16,30H,6-15H2,1H3. The normalized spacial score (nSPS) is 17.5. The second-order valence-corrected chi connectivity index (χ2v) is 8.78.